The van der Waals surface area contributed by atoms with Crippen LogP contribution in [0.5, 0.6) is 0 Å². The molecule has 1 aromatic rings. The molecule has 0 unspecified atom stereocenters. The van der Waals surface area contributed by atoms with E-state index in [0.29, 0.717) is 6.54 Å². The predicted molar refractivity (Wildman–Crippen MR) is 76.2 cm³/mol. The van der Waals surface area contributed by atoms with Gasteiger partial charge < -0.3 is 14.8 Å². The molecule has 0 saturated carbocycles. The van der Waals surface area contributed by atoms with Crippen LogP contribution in [0.1, 0.15) is 19.7 Å². The molecule has 1 aromatic heterocycles. The number of carbonyl (C=O) groups is 1. The fourth-order valence-corrected chi connectivity index (χ4v) is 3.09. The molecule has 6 nitrogen and oxygen atoms in total. The van der Waals surface area contributed by atoms with Gasteiger partial charge >= 0.3 is 0 Å². The van der Waals surface area contributed by atoms with Crippen LogP contribution in [0.15, 0.2) is 12.4 Å². The molecule has 1 N–H and O–H groups in total. The third-order valence-electron chi connectivity index (χ3n) is 4.46. The van der Waals surface area contributed by atoms with E-state index >= 15 is 0 Å². The summed E-state index contributed by atoms with van der Waals surface area (Å²) in [5.41, 5.74) is -0.434. The molecule has 0 radical (unpaired) electrons. The summed E-state index contributed by atoms with van der Waals surface area (Å²) in [6.45, 7) is 10.1. The van der Waals surface area contributed by atoms with Crippen LogP contribution in [-0.4, -0.2) is 63.5 Å². The summed E-state index contributed by atoms with van der Waals surface area (Å²) in [6.07, 6.45) is 3.79. The van der Waals surface area contributed by atoms with E-state index in [1.54, 1.807) is 0 Å². The van der Waals surface area contributed by atoms with Gasteiger partial charge in [-0.3, -0.25) is 9.69 Å². The van der Waals surface area contributed by atoms with Gasteiger partial charge in [-0.05, 0) is 13.8 Å². The maximum absolute atomic E-state index is 12.9. The summed E-state index contributed by atoms with van der Waals surface area (Å²) < 4.78 is 2.13. The maximum atomic E-state index is 12.9. The number of imidazole rings is 1. The number of nitrogens with zero attached hydrogens (tertiary/aromatic N) is 4. The van der Waals surface area contributed by atoms with E-state index in [2.05, 4.69) is 19.8 Å². The Balaban J connectivity index is 1.72. The average molecular weight is 277 g/mol. The van der Waals surface area contributed by atoms with Gasteiger partial charge in [-0.25, -0.2) is 4.98 Å². The summed E-state index contributed by atoms with van der Waals surface area (Å²) in [6, 6.07) is 0. The molecule has 2 aliphatic heterocycles. The van der Waals surface area contributed by atoms with Gasteiger partial charge in [0.1, 0.15) is 5.82 Å². The van der Waals surface area contributed by atoms with Crippen LogP contribution < -0.4 is 5.32 Å². The van der Waals surface area contributed by atoms with Crippen molar-refractivity contribution in [1.29, 1.82) is 0 Å². The van der Waals surface area contributed by atoms with Crippen LogP contribution in [0.4, 0.5) is 0 Å². The minimum atomic E-state index is -0.434. The van der Waals surface area contributed by atoms with Gasteiger partial charge in [0.2, 0.25) is 5.91 Å². The van der Waals surface area contributed by atoms with Crippen molar-refractivity contribution in [3.05, 3.63) is 18.2 Å². The Morgan fingerprint density at radius 2 is 2.00 bits per heavy atom. The molecule has 1 saturated heterocycles. The molecular weight excluding hydrogens is 254 g/mol. The van der Waals surface area contributed by atoms with Gasteiger partial charge in [-0.2, -0.15) is 0 Å². The van der Waals surface area contributed by atoms with Crippen LogP contribution in [0.25, 0.3) is 0 Å². The monoisotopic (exact) mass is 277 g/mol. The lowest BCUT2D eigenvalue weighted by atomic mass is 9.99. The number of hydrogen-bond donors (Lipinski definition) is 1. The van der Waals surface area contributed by atoms with E-state index in [1.807, 2.05) is 31.1 Å². The molecule has 0 spiro atoms. The summed E-state index contributed by atoms with van der Waals surface area (Å²) in [5, 5.41) is 3.33. The van der Waals surface area contributed by atoms with Crippen molar-refractivity contribution in [1.82, 2.24) is 24.7 Å². The Kier molecular flexibility index (Phi) is 3.52. The number of fused-ring (bicyclic) bond motifs is 1. The standard InChI is InChI=1S/C14H23N5O/c1-14(2,19-7-3-15-4-8-19)13(20)18-10-9-17-6-5-16-12(17)11-18/h5-6,15H,3-4,7-11H2,1-2H3. The van der Waals surface area contributed by atoms with Crippen molar-refractivity contribution in [3.63, 3.8) is 0 Å². The lowest BCUT2D eigenvalue weighted by Gasteiger charge is -2.43. The topological polar surface area (TPSA) is 53.4 Å². The largest absolute Gasteiger partial charge is 0.332 e. The zero-order valence-electron chi connectivity index (χ0n) is 12.3. The van der Waals surface area contributed by atoms with E-state index in [0.717, 1.165) is 45.1 Å². The number of amides is 1. The van der Waals surface area contributed by atoms with Gasteiger partial charge in [-0.1, -0.05) is 0 Å². The first kappa shape index (κ1) is 13.6. The van der Waals surface area contributed by atoms with E-state index in [-0.39, 0.29) is 5.91 Å². The highest BCUT2D eigenvalue weighted by Crippen LogP contribution is 2.21. The number of aromatic nitrogens is 2. The Hall–Kier alpha value is -1.40. The van der Waals surface area contributed by atoms with Crippen LogP contribution in [0, 0.1) is 0 Å². The van der Waals surface area contributed by atoms with E-state index < -0.39 is 5.54 Å². The summed E-state index contributed by atoms with van der Waals surface area (Å²) in [5.74, 6) is 1.20. The van der Waals surface area contributed by atoms with Gasteiger partial charge in [0, 0.05) is 51.7 Å². The van der Waals surface area contributed by atoms with E-state index in [1.165, 1.54) is 0 Å². The number of nitrogens with one attached hydrogen (secondary N) is 1. The maximum Gasteiger partial charge on any atom is 0.242 e. The fourth-order valence-electron chi connectivity index (χ4n) is 3.09. The fraction of sp³-hybridized carbons (Fsp3) is 0.714. The van der Waals surface area contributed by atoms with Crippen LogP contribution in [0.3, 0.4) is 0 Å². The van der Waals surface area contributed by atoms with Gasteiger partial charge in [-0.15, -0.1) is 0 Å². The first-order valence-corrected chi connectivity index (χ1v) is 7.34. The molecule has 0 bridgehead atoms. The van der Waals surface area contributed by atoms with Crippen LogP contribution >= 0.6 is 0 Å². The van der Waals surface area contributed by atoms with Crippen molar-refractivity contribution in [3.8, 4) is 0 Å². The Labute approximate surface area is 119 Å². The van der Waals surface area contributed by atoms with Crippen molar-refractivity contribution < 1.29 is 4.79 Å². The highest BCUT2D eigenvalue weighted by Gasteiger charge is 2.39. The third kappa shape index (κ3) is 2.33. The molecule has 3 rings (SSSR count). The second kappa shape index (κ2) is 5.18. The van der Waals surface area contributed by atoms with Crippen molar-refractivity contribution in [2.45, 2.75) is 32.5 Å². The third-order valence-corrected chi connectivity index (χ3v) is 4.46. The molecule has 6 heteroatoms. The number of carbonyl (C=O) groups excluding carboxylic acids is 1. The molecule has 0 atom stereocenters. The normalized spacial score (nSPS) is 20.8. The second-order valence-electron chi connectivity index (χ2n) is 6.06. The van der Waals surface area contributed by atoms with E-state index in [9.17, 15) is 4.79 Å². The van der Waals surface area contributed by atoms with Crippen LogP contribution in [-0.2, 0) is 17.9 Å². The molecule has 1 amide bonds. The highest BCUT2D eigenvalue weighted by molar-refractivity contribution is 5.85. The Bertz CT molecular complexity index is 490. The van der Waals surface area contributed by atoms with Gasteiger partial charge in [0.05, 0.1) is 12.1 Å². The molecule has 1 fully saturated rings. The second-order valence-corrected chi connectivity index (χ2v) is 6.06. The number of rotatable bonds is 2. The predicted octanol–water partition coefficient (Wildman–Crippen LogP) is -0.0909. The quantitative estimate of drug-likeness (QED) is 0.821. The minimum absolute atomic E-state index is 0.216. The Morgan fingerprint density at radius 3 is 2.75 bits per heavy atom. The summed E-state index contributed by atoms with van der Waals surface area (Å²) in [7, 11) is 0. The molecule has 20 heavy (non-hydrogen) atoms. The van der Waals surface area contributed by atoms with Gasteiger partial charge in [0.15, 0.2) is 0 Å². The first-order chi connectivity index (χ1) is 9.59. The highest BCUT2D eigenvalue weighted by atomic mass is 16.2. The lowest BCUT2D eigenvalue weighted by molar-refractivity contribution is -0.144. The summed E-state index contributed by atoms with van der Waals surface area (Å²) >= 11 is 0. The van der Waals surface area contributed by atoms with Gasteiger partial charge in [0.25, 0.3) is 0 Å². The smallest absolute Gasteiger partial charge is 0.242 e. The molecular formula is C14H23N5O. The molecule has 0 aliphatic carbocycles. The van der Waals surface area contributed by atoms with Crippen molar-refractivity contribution in [2.24, 2.45) is 0 Å². The first-order valence-electron chi connectivity index (χ1n) is 7.34. The van der Waals surface area contributed by atoms with Crippen molar-refractivity contribution >= 4 is 5.91 Å². The zero-order chi connectivity index (χ0) is 14.2. The molecule has 0 aromatic carbocycles. The Morgan fingerprint density at radius 1 is 1.25 bits per heavy atom. The average Bonchev–Trinajstić information content (AvgIpc) is 2.94. The number of piperazine rings is 1. The molecule has 3 heterocycles. The van der Waals surface area contributed by atoms with E-state index in [4.69, 9.17) is 0 Å². The minimum Gasteiger partial charge on any atom is -0.332 e. The van der Waals surface area contributed by atoms with Crippen LogP contribution in [0.2, 0.25) is 0 Å². The van der Waals surface area contributed by atoms with Crippen molar-refractivity contribution in [2.75, 3.05) is 32.7 Å². The summed E-state index contributed by atoms with van der Waals surface area (Å²) in [4.78, 5) is 21.4. The lowest BCUT2D eigenvalue weighted by Crippen LogP contribution is -2.61. The molecule has 110 valence electrons. The zero-order valence-corrected chi connectivity index (χ0v) is 12.3. The SMILES string of the molecule is CC(C)(C(=O)N1CCn2ccnc2C1)N1CCNCC1. The molecule has 2 aliphatic rings. The number of hydrogen-bond acceptors (Lipinski definition) is 4.